The minimum atomic E-state index is -0.328. The number of benzene rings is 2. The van der Waals surface area contributed by atoms with Crippen molar-refractivity contribution in [3.63, 3.8) is 0 Å². The van der Waals surface area contributed by atoms with Crippen LogP contribution in [0.1, 0.15) is 10.5 Å². The molecule has 38 heavy (non-hydrogen) atoms. The van der Waals surface area contributed by atoms with Crippen molar-refractivity contribution in [1.29, 1.82) is 0 Å². The van der Waals surface area contributed by atoms with Gasteiger partial charge in [-0.1, -0.05) is 53.8 Å². The third-order valence-electron chi connectivity index (χ3n) is 5.96. The summed E-state index contributed by atoms with van der Waals surface area (Å²) in [5.74, 6) is 0.752. The van der Waals surface area contributed by atoms with Gasteiger partial charge in [0.2, 0.25) is 5.13 Å². The van der Waals surface area contributed by atoms with Crippen LogP contribution in [0.3, 0.4) is 0 Å². The Hall–Kier alpha value is -3.93. The smallest absolute Gasteiger partial charge is 0.274 e. The highest BCUT2D eigenvalue weighted by atomic mass is 32.1. The van der Waals surface area contributed by atoms with Crippen LogP contribution in [0, 0.1) is 0 Å². The average molecular weight is 531 g/mol. The number of likely N-dealkylation sites (N-methyl/N-ethyl adjacent to an activating group) is 1. The van der Waals surface area contributed by atoms with Crippen molar-refractivity contribution in [2.45, 2.75) is 0 Å². The van der Waals surface area contributed by atoms with Crippen LogP contribution in [0.4, 0.5) is 16.6 Å². The van der Waals surface area contributed by atoms with Crippen LogP contribution >= 0.6 is 11.3 Å². The molecule has 2 N–H and O–H groups in total. The van der Waals surface area contributed by atoms with E-state index in [4.69, 9.17) is 4.74 Å². The Morgan fingerprint density at radius 3 is 2.58 bits per heavy atom. The minimum absolute atomic E-state index is 0.271. The van der Waals surface area contributed by atoms with E-state index in [2.05, 4.69) is 40.6 Å². The van der Waals surface area contributed by atoms with E-state index in [-0.39, 0.29) is 11.6 Å². The number of para-hydroxylation sites is 1. The van der Waals surface area contributed by atoms with Gasteiger partial charge in [0.15, 0.2) is 10.8 Å². The number of aromatic nitrogens is 4. The molecule has 0 spiro atoms. The van der Waals surface area contributed by atoms with Crippen molar-refractivity contribution in [2.75, 3.05) is 69.0 Å². The van der Waals surface area contributed by atoms with Crippen LogP contribution < -0.4 is 15.5 Å². The quantitative estimate of drug-likeness (QED) is 0.335. The second kappa shape index (κ2) is 12.1. The van der Waals surface area contributed by atoms with Gasteiger partial charge in [-0.2, -0.15) is 0 Å². The summed E-state index contributed by atoms with van der Waals surface area (Å²) in [5, 5.41) is 16.7. The Balaban J connectivity index is 1.40. The first-order valence-electron chi connectivity index (χ1n) is 12.5. The molecule has 0 bridgehead atoms. The Morgan fingerprint density at radius 2 is 1.79 bits per heavy atom. The van der Waals surface area contributed by atoms with E-state index in [9.17, 15) is 4.79 Å². The Labute approximate surface area is 225 Å². The molecule has 2 aromatic carbocycles. The third-order valence-corrected chi connectivity index (χ3v) is 6.97. The van der Waals surface area contributed by atoms with Gasteiger partial charge < -0.3 is 25.2 Å². The maximum atomic E-state index is 13.5. The van der Waals surface area contributed by atoms with Crippen LogP contribution in [-0.4, -0.2) is 84.5 Å². The van der Waals surface area contributed by atoms with Crippen molar-refractivity contribution < 1.29 is 9.53 Å². The minimum Gasteiger partial charge on any atom is -0.378 e. The average Bonchev–Trinajstić information content (AvgIpc) is 3.44. The molecule has 1 aliphatic heterocycles. The monoisotopic (exact) mass is 530 g/mol. The summed E-state index contributed by atoms with van der Waals surface area (Å²) in [6, 6.07) is 18.9. The van der Waals surface area contributed by atoms with Crippen molar-refractivity contribution in [2.24, 2.45) is 0 Å². The molecule has 196 valence electrons. The second-order valence-corrected chi connectivity index (χ2v) is 10.0. The number of hydrogen-bond donors (Lipinski definition) is 2. The third kappa shape index (κ3) is 6.31. The number of rotatable bonds is 9. The zero-order chi connectivity index (χ0) is 26.3. The topological polar surface area (TPSA) is 108 Å². The molecule has 3 heterocycles. The molecular weight excluding hydrogens is 500 g/mol. The highest BCUT2D eigenvalue weighted by Gasteiger charge is 2.20. The molecular formula is C27H30N8O2S. The SMILES string of the molecule is CN(C)CCNc1cc(C(=O)Nc2ccccc2-c2nnc(N3CCOCC3)s2)nc(-c2ccccc2)n1. The number of nitrogens with one attached hydrogen (secondary N) is 2. The summed E-state index contributed by atoms with van der Waals surface area (Å²) in [6.07, 6.45) is 0. The lowest BCUT2D eigenvalue weighted by Gasteiger charge is -2.25. The Kier molecular flexibility index (Phi) is 8.17. The van der Waals surface area contributed by atoms with Gasteiger partial charge in [-0.25, -0.2) is 9.97 Å². The molecule has 1 fully saturated rings. The molecule has 10 nitrogen and oxygen atoms in total. The lowest BCUT2D eigenvalue weighted by molar-refractivity contribution is 0.102. The van der Waals surface area contributed by atoms with E-state index >= 15 is 0 Å². The van der Waals surface area contributed by atoms with Gasteiger partial charge in [0.1, 0.15) is 11.5 Å². The van der Waals surface area contributed by atoms with E-state index in [1.807, 2.05) is 68.7 Å². The first-order valence-corrected chi connectivity index (χ1v) is 13.3. The van der Waals surface area contributed by atoms with Crippen LogP contribution in [-0.2, 0) is 4.74 Å². The molecule has 5 rings (SSSR count). The zero-order valence-electron chi connectivity index (χ0n) is 21.4. The molecule has 0 saturated carbocycles. The van der Waals surface area contributed by atoms with Crippen LogP contribution in [0.25, 0.3) is 22.0 Å². The first-order chi connectivity index (χ1) is 18.6. The van der Waals surface area contributed by atoms with E-state index in [1.165, 1.54) is 11.3 Å². The molecule has 11 heteroatoms. The van der Waals surface area contributed by atoms with Crippen molar-refractivity contribution in [3.05, 3.63) is 66.4 Å². The highest BCUT2D eigenvalue weighted by Crippen LogP contribution is 2.34. The molecule has 2 aromatic heterocycles. The van der Waals surface area contributed by atoms with Gasteiger partial charge in [0.25, 0.3) is 5.91 Å². The Morgan fingerprint density at radius 1 is 1.03 bits per heavy atom. The maximum absolute atomic E-state index is 13.5. The van der Waals surface area contributed by atoms with Gasteiger partial charge in [0, 0.05) is 43.4 Å². The fourth-order valence-corrected chi connectivity index (χ4v) is 4.89. The van der Waals surface area contributed by atoms with E-state index in [0.717, 1.165) is 40.9 Å². The molecule has 1 aliphatic rings. The highest BCUT2D eigenvalue weighted by molar-refractivity contribution is 7.18. The van der Waals surface area contributed by atoms with Crippen molar-refractivity contribution in [1.82, 2.24) is 25.1 Å². The maximum Gasteiger partial charge on any atom is 0.274 e. The zero-order valence-corrected chi connectivity index (χ0v) is 22.2. The number of amides is 1. The Bertz CT molecular complexity index is 1370. The lowest BCUT2D eigenvalue weighted by atomic mass is 10.1. The van der Waals surface area contributed by atoms with Gasteiger partial charge in [0.05, 0.1) is 18.9 Å². The van der Waals surface area contributed by atoms with Crippen LogP contribution in [0.15, 0.2) is 60.7 Å². The fraction of sp³-hybridized carbons (Fsp3) is 0.296. The normalized spacial score (nSPS) is 13.5. The van der Waals surface area contributed by atoms with Gasteiger partial charge in [-0.15, -0.1) is 10.2 Å². The molecule has 0 radical (unpaired) electrons. The van der Waals surface area contributed by atoms with Crippen LogP contribution in [0.2, 0.25) is 0 Å². The number of nitrogens with zero attached hydrogens (tertiary/aromatic N) is 6. The van der Waals surface area contributed by atoms with E-state index in [0.29, 0.717) is 37.1 Å². The summed E-state index contributed by atoms with van der Waals surface area (Å²) in [4.78, 5) is 27.0. The summed E-state index contributed by atoms with van der Waals surface area (Å²) in [6.45, 7) is 4.44. The van der Waals surface area contributed by atoms with E-state index in [1.54, 1.807) is 6.07 Å². The number of anilines is 3. The predicted octanol–water partition coefficient (Wildman–Crippen LogP) is 3.72. The number of carbonyl (C=O) groups is 1. The predicted molar refractivity (Wildman–Crippen MR) is 151 cm³/mol. The molecule has 0 atom stereocenters. The van der Waals surface area contributed by atoms with Gasteiger partial charge >= 0.3 is 0 Å². The molecule has 0 aliphatic carbocycles. The first kappa shape index (κ1) is 25.7. The standard InChI is InChI=1S/C27H30N8O2S/c1-34(2)13-12-28-23-18-22(29-24(31-23)19-8-4-3-5-9-19)25(36)30-21-11-7-6-10-20(21)26-32-33-27(38-26)35-14-16-37-17-15-35/h3-11,18H,12-17H2,1-2H3,(H,30,36)(H,28,29,31). The molecule has 4 aromatic rings. The van der Waals surface area contributed by atoms with Crippen LogP contribution in [0.5, 0.6) is 0 Å². The largest absolute Gasteiger partial charge is 0.378 e. The summed E-state index contributed by atoms with van der Waals surface area (Å²) in [5.41, 5.74) is 2.55. The summed E-state index contributed by atoms with van der Waals surface area (Å²) in [7, 11) is 4.02. The number of hydrogen-bond acceptors (Lipinski definition) is 10. The number of morpholine rings is 1. The fourth-order valence-electron chi connectivity index (χ4n) is 3.95. The summed E-state index contributed by atoms with van der Waals surface area (Å²) >= 11 is 1.50. The number of carbonyl (C=O) groups excluding carboxylic acids is 1. The van der Waals surface area contributed by atoms with Gasteiger partial charge in [-0.3, -0.25) is 4.79 Å². The van der Waals surface area contributed by atoms with Crippen molar-refractivity contribution in [3.8, 4) is 22.0 Å². The summed E-state index contributed by atoms with van der Waals surface area (Å²) < 4.78 is 5.44. The van der Waals surface area contributed by atoms with Gasteiger partial charge in [-0.05, 0) is 26.2 Å². The lowest BCUT2D eigenvalue weighted by Crippen LogP contribution is -2.36. The molecule has 0 unspecified atom stereocenters. The van der Waals surface area contributed by atoms with Crippen molar-refractivity contribution >= 4 is 33.9 Å². The number of ether oxygens (including phenoxy) is 1. The van der Waals surface area contributed by atoms with E-state index < -0.39 is 0 Å². The second-order valence-electron chi connectivity index (χ2n) is 9.05. The molecule has 1 saturated heterocycles. The molecule has 1 amide bonds.